The Hall–Kier alpha value is 3.43. The van der Waals surface area contributed by atoms with Crippen molar-refractivity contribution in [2.45, 2.75) is 13.0 Å². The van der Waals surface area contributed by atoms with E-state index in [4.69, 9.17) is 48.7 Å². The number of phosphoric acid groups is 2. The number of carboxylic acids is 1. The normalized spacial score (nSPS) is 10.5. The van der Waals surface area contributed by atoms with Gasteiger partial charge in [0.05, 0.1) is 0 Å². The predicted octanol–water partition coefficient (Wildman–Crippen LogP) is -7.34. The molecule has 0 amide bonds. The molecule has 1 atom stereocenters. The number of rotatable bonds is 1. The minimum Gasteiger partial charge on any atom is -0.822 e. The molecule has 16 heteroatoms. The maximum atomic E-state index is 9.45. The summed E-state index contributed by atoms with van der Waals surface area (Å²) in [5.41, 5.74) is 0. The van der Waals surface area contributed by atoms with Gasteiger partial charge in [-0.05, 0) is 6.92 Å². The molecule has 100 valence electrons. The molecule has 0 radical (unpaired) electrons. The molecule has 0 rings (SSSR count). The van der Waals surface area contributed by atoms with Crippen molar-refractivity contribution in [2.24, 2.45) is 0 Å². The molecule has 0 bridgehead atoms. The smallest absolute Gasteiger partial charge is 0.822 e. The molecule has 11 nitrogen and oxygen atoms in total. The molecule has 0 aromatic carbocycles. The van der Waals surface area contributed by atoms with E-state index in [0.717, 1.165) is 0 Å². The van der Waals surface area contributed by atoms with E-state index in [9.17, 15) is 4.79 Å². The number of hydrogen-bond donors (Lipinski definition) is 2. The summed E-state index contributed by atoms with van der Waals surface area (Å²) in [5, 5.41) is 15.8. The van der Waals surface area contributed by atoms with Gasteiger partial charge in [0, 0.05) is 0 Å². The van der Waals surface area contributed by atoms with Gasteiger partial charge in [0.15, 0.2) is 0 Å². The average molecular weight is 400 g/mol. The third-order valence-electron chi connectivity index (χ3n) is 0.357. The van der Waals surface area contributed by atoms with E-state index in [0.29, 0.717) is 0 Å². The number of hydrogen-bond acceptors (Lipinski definition) is 10. The fourth-order valence-electron chi connectivity index (χ4n) is 0. The van der Waals surface area contributed by atoms with Crippen molar-refractivity contribution in [1.82, 2.24) is 0 Å². The summed E-state index contributed by atoms with van der Waals surface area (Å²) in [7, 11) is -10.8. The van der Waals surface area contributed by atoms with Crippen LogP contribution < -0.4 is 29.4 Å². The van der Waals surface area contributed by atoms with Crippen molar-refractivity contribution in [1.29, 1.82) is 0 Å². The standard InChI is InChI=1S/C3H6O3.3Ca.2H3O4P/c1-2(4)3(5)6;;;;2*1-5(2,3)4/h2,4H,1H3,(H,5,6);;;;2*(H3,1,2,3,4)/q;3*+2;;/p-6. The van der Waals surface area contributed by atoms with Crippen LogP contribution in [0.25, 0.3) is 0 Å². The predicted molar refractivity (Wildman–Crippen MR) is 51.8 cm³/mol. The molecule has 0 aromatic rings. The van der Waals surface area contributed by atoms with Gasteiger partial charge in [-0.2, -0.15) is 15.6 Å². The minimum absolute atomic E-state index is 0. The van der Waals surface area contributed by atoms with Gasteiger partial charge < -0.3 is 48.7 Å². The van der Waals surface area contributed by atoms with Crippen molar-refractivity contribution in [3.8, 4) is 0 Å². The molecule has 0 fully saturated rings. The zero-order valence-corrected chi connectivity index (χ0v) is 18.1. The minimum atomic E-state index is -5.39. The van der Waals surface area contributed by atoms with E-state index in [1.165, 1.54) is 6.92 Å². The number of aliphatic hydroxyl groups excluding tert-OH is 1. The summed E-state index contributed by atoms with van der Waals surface area (Å²) in [4.78, 5) is 60.7. The fraction of sp³-hybridized carbons (Fsp3) is 0.667. The van der Waals surface area contributed by atoms with Crippen LogP contribution in [0.4, 0.5) is 0 Å². The summed E-state index contributed by atoms with van der Waals surface area (Å²) in [6.07, 6.45) is -1.23. The Kier molecular flexibility index (Phi) is 39.1. The van der Waals surface area contributed by atoms with Crippen LogP contribution >= 0.6 is 15.6 Å². The molecular formula is C3H6Ca3O11P2. The second-order valence-corrected chi connectivity index (χ2v) is 3.70. The van der Waals surface area contributed by atoms with Crippen LogP contribution in [0.1, 0.15) is 6.92 Å². The molecule has 0 saturated heterocycles. The van der Waals surface area contributed by atoms with Gasteiger partial charge in [-0.3, -0.25) is 0 Å². The Morgan fingerprint density at radius 1 is 0.895 bits per heavy atom. The first-order valence-corrected chi connectivity index (χ1v) is 5.93. The largest absolute Gasteiger partial charge is 2.00 e. The van der Waals surface area contributed by atoms with Gasteiger partial charge in [-0.15, -0.1) is 0 Å². The summed E-state index contributed by atoms with van der Waals surface area (Å²) >= 11 is 0. The number of aliphatic hydroxyl groups is 1. The van der Waals surface area contributed by atoms with Crippen molar-refractivity contribution >= 4 is 135 Å². The number of carboxylic acid groups (broad SMARTS) is 1. The maximum Gasteiger partial charge on any atom is 2.00 e. The Morgan fingerprint density at radius 2 is 0.947 bits per heavy atom. The summed E-state index contributed by atoms with van der Waals surface area (Å²) in [6.45, 7) is 1.20. The molecule has 0 aliphatic heterocycles. The van der Waals surface area contributed by atoms with Crippen molar-refractivity contribution in [3.63, 3.8) is 0 Å². The average Bonchev–Trinajstić information content (AvgIpc) is 1.77. The molecular weight excluding hydrogens is 394 g/mol. The van der Waals surface area contributed by atoms with Crippen LogP contribution in [-0.4, -0.2) is 136 Å². The molecule has 2 N–H and O–H groups in total. The Balaban J connectivity index is -0.0000000311. The van der Waals surface area contributed by atoms with E-state index in [1.54, 1.807) is 0 Å². The number of aliphatic carboxylic acids is 1. The van der Waals surface area contributed by atoms with Gasteiger partial charge >= 0.3 is 119 Å². The zero-order chi connectivity index (χ0) is 14.2. The quantitative estimate of drug-likeness (QED) is 0.310. The first kappa shape index (κ1) is 38.2. The Morgan fingerprint density at radius 3 is 0.947 bits per heavy atom. The summed E-state index contributed by atoms with van der Waals surface area (Å²) in [6, 6.07) is 0. The van der Waals surface area contributed by atoms with Gasteiger partial charge in [0.2, 0.25) is 0 Å². The summed E-state index contributed by atoms with van der Waals surface area (Å²) in [5.74, 6) is -1.19. The number of carbonyl (C=O) groups is 1. The second-order valence-electron chi connectivity index (χ2n) is 1.91. The van der Waals surface area contributed by atoms with Crippen LogP contribution in [0, 0.1) is 0 Å². The zero-order valence-electron chi connectivity index (χ0n) is 9.66. The van der Waals surface area contributed by atoms with Crippen LogP contribution in [0.15, 0.2) is 0 Å². The monoisotopic (exact) mass is 400 g/mol. The van der Waals surface area contributed by atoms with Crippen LogP contribution in [0.5, 0.6) is 0 Å². The van der Waals surface area contributed by atoms with Crippen molar-refractivity contribution in [2.75, 3.05) is 0 Å². The summed E-state index contributed by atoms with van der Waals surface area (Å²) < 4.78 is 17.1. The molecule has 0 aromatic heterocycles. The second kappa shape index (κ2) is 19.5. The molecule has 0 saturated carbocycles. The Bertz CT molecular complexity index is 246. The van der Waals surface area contributed by atoms with E-state index < -0.39 is 27.7 Å². The fourth-order valence-corrected chi connectivity index (χ4v) is 0. The van der Waals surface area contributed by atoms with Crippen LogP contribution in [0.3, 0.4) is 0 Å². The van der Waals surface area contributed by atoms with E-state index in [2.05, 4.69) is 0 Å². The van der Waals surface area contributed by atoms with Crippen LogP contribution in [-0.2, 0) is 13.9 Å². The van der Waals surface area contributed by atoms with E-state index >= 15 is 0 Å². The van der Waals surface area contributed by atoms with E-state index in [1.807, 2.05) is 0 Å². The van der Waals surface area contributed by atoms with Crippen molar-refractivity contribution in [3.05, 3.63) is 0 Å². The maximum absolute atomic E-state index is 9.45. The topological polar surface area (TPSA) is 230 Å². The van der Waals surface area contributed by atoms with Gasteiger partial charge in [0.25, 0.3) is 0 Å². The third kappa shape index (κ3) is 147. The van der Waals surface area contributed by atoms with Gasteiger partial charge in [0.1, 0.15) is 6.10 Å². The molecule has 0 spiro atoms. The van der Waals surface area contributed by atoms with Gasteiger partial charge in [-0.1, -0.05) is 0 Å². The molecule has 0 aliphatic carbocycles. The Labute approximate surface area is 197 Å². The molecule has 0 aliphatic rings. The third-order valence-corrected chi connectivity index (χ3v) is 0.357. The first-order chi connectivity index (χ1) is 6.64. The van der Waals surface area contributed by atoms with E-state index in [-0.39, 0.29) is 113 Å². The van der Waals surface area contributed by atoms with Crippen LogP contribution in [0.2, 0.25) is 0 Å². The first-order valence-electron chi connectivity index (χ1n) is 3.01. The molecule has 19 heavy (non-hydrogen) atoms. The SMILES string of the molecule is CC(O)C(=O)O.O=P([O-])([O-])[O-].O=P([O-])([O-])[O-].[Ca+2].[Ca+2].[Ca+2]. The molecule has 1 unspecified atom stereocenters. The van der Waals surface area contributed by atoms with Crippen molar-refractivity contribution < 1.29 is 53.5 Å². The van der Waals surface area contributed by atoms with Gasteiger partial charge in [-0.25, -0.2) is 4.79 Å². The molecule has 0 heterocycles.